The molecule has 0 bridgehead atoms. The van der Waals surface area contributed by atoms with E-state index in [1.54, 1.807) is 24.0 Å². The minimum absolute atomic E-state index is 0.0543. The van der Waals surface area contributed by atoms with E-state index in [0.717, 1.165) is 6.42 Å². The molecule has 7 nitrogen and oxygen atoms in total. The van der Waals surface area contributed by atoms with Crippen molar-refractivity contribution in [3.8, 4) is 0 Å². The molecular formula is C19H21FN4O3. The van der Waals surface area contributed by atoms with Gasteiger partial charge < -0.3 is 4.90 Å². The first-order valence-corrected chi connectivity index (χ1v) is 9.22. The van der Waals surface area contributed by atoms with Gasteiger partial charge in [-0.2, -0.15) is 5.10 Å². The van der Waals surface area contributed by atoms with Crippen LogP contribution in [0.15, 0.2) is 33.9 Å². The Kier molecular flexibility index (Phi) is 4.41. The molecule has 142 valence electrons. The molecule has 1 amide bonds. The summed E-state index contributed by atoms with van der Waals surface area (Å²) in [4.78, 5) is 38.8. The zero-order valence-electron chi connectivity index (χ0n) is 15.1. The average Bonchev–Trinajstić information content (AvgIpc) is 3.02. The van der Waals surface area contributed by atoms with Crippen molar-refractivity contribution in [3.63, 3.8) is 0 Å². The van der Waals surface area contributed by atoms with Crippen LogP contribution in [-0.4, -0.2) is 38.2 Å². The summed E-state index contributed by atoms with van der Waals surface area (Å²) in [5.41, 5.74) is -0.490. The number of likely N-dealkylation sites (tertiary alicyclic amines) is 1. The lowest BCUT2D eigenvalue weighted by molar-refractivity contribution is -0.132. The lowest BCUT2D eigenvalue weighted by atomic mass is 9.87. The minimum atomic E-state index is -0.598. The molecule has 1 aromatic carbocycles. The van der Waals surface area contributed by atoms with Gasteiger partial charge in [0.25, 0.3) is 0 Å². The van der Waals surface area contributed by atoms with Gasteiger partial charge in [-0.1, -0.05) is 12.1 Å². The van der Waals surface area contributed by atoms with E-state index >= 15 is 0 Å². The van der Waals surface area contributed by atoms with E-state index < -0.39 is 11.1 Å². The molecule has 0 unspecified atom stereocenters. The summed E-state index contributed by atoms with van der Waals surface area (Å²) < 4.78 is 16.0. The Bertz CT molecular complexity index is 1010. The van der Waals surface area contributed by atoms with Gasteiger partial charge in [0.15, 0.2) is 0 Å². The SMILES string of the molecule is CCn1nc2n(c(=O)c1=O)C[C@H]1CCN(C(=O)Cc3cccc(F)c3)C[C@@H]21. The number of halogens is 1. The van der Waals surface area contributed by atoms with Crippen LogP contribution in [0.1, 0.15) is 30.7 Å². The third-order valence-electron chi connectivity index (χ3n) is 5.56. The van der Waals surface area contributed by atoms with Gasteiger partial charge in [0.05, 0.1) is 6.42 Å². The predicted molar refractivity (Wildman–Crippen MR) is 96.0 cm³/mol. The first-order chi connectivity index (χ1) is 13.0. The molecule has 2 atom stereocenters. The third kappa shape index (κ3) is 3.09. The van der Waals surface area contributed by atoms with Gasteiger partial charge in [-0.3, -0.25) is 19.0 Å². The van der Waals surface area contributed by atoms with Crippen molar-refractivity contribution in [2.45, 2.75) is 38.8 Å². The maximum Gasteiger partial charge on any atom is 0.332 e. The first-order valence-electron chi connectivity index (χ1n) is 9.22. The van der Waals surface area contributed by atoms with Crippen molar-refractivity contribution >= 4 is 5.91 Å². The van der Waals surface area contributed by atoms with Crippen LogP contribution < -0.4 is 11.1 Å². The summed E-state index contributed by atoms with van der Waals surface area (Å²) in [6.07, 6.45) is 0.895. The monoisotopic (exact) mass is 372 g/mol. The molecule has 2 aliphatic heterocycles. The van der Waals surface area contributed by atoms with Crippen molar-refractivity contribution in [1.29, 1.82) is 0 Å². The topological polar surface area (TPSA) is 77.2 Å². The fraction of sp³-hybridized carbons (Fsp3) is 0.474. The number of nitrogens with zero attached hydrogens (tertiary/aromatic N) is 4. The van der Waals surface area contributed by atoms with Crippen LogP contribution in [0.3, 0.4) is 0 Å². The second-order valence-electron chi connectivity index (χ2n) is 7.20. The lowest BCUT2D eigenvalue weighted by Crippen LogP contribution is -2.44. The molecule has 4 rings (SSSR count). The predicted octanol–water partition coefficient (Wildman–Crippen LogP) is 0.752. The second kappa shape index (κ2) is 6.75. The number of rotatable bonds is 3. The Morgan fingerprint density at radius 2 is 2.07 bits per heavy atom. The molecule has 0 spiro atoms. The summed E-state index contributed by atoms with van der Waals surface area (Å²) in [5, 5.41) is 4.39. The van der Waals surface area contributed by atoms with Crippen molar-refractivity contribution in [1.82, 2.24) is 19.2 Å². The largest absolute Gasteiger partial charge is 0.342 e. The van der Waals surface area contributed by atoms with Gasteiger partial charge in [0.1, 0.15) is 11.6 Å². The smallest absolute Gasteiger partial charge is 0.332 e. The highest BCUT2D eigenvalue weighted by molar-refractivity contribution is 5.79. The molecule has 27 heavy (non-hydrogen) atoms. The highest BCUT2D eigenvalue weighted by Gasteiger charge is 2.40. The zero-order valence-corrected chi connectivity index (χ0v) is 15.1. The maximum atomic E-state index is 13.3. The zero-order chi connectivity index (χ0) is 19.1. The number of carbonyl (C=O) groups is 1. The molecule has 1 saturated heterocycles. The molecule has 2 aromatic rings. The van der Waals surface area contributed by atoms with Crippen molar-refractivity contribution in [2.75, 3.05) is 13.1 Å². The van der Waals surface area contributed by atoms with E-state index in [1.165, 1.54) is 21.4 Å². The Hall–Kier alpha value is -2.77. The molecule has 0 radical (unpaired) electrons. The molecule has 0 saturated carbocycles. The Morgan fingerprint density at radius 1 is 1.26 bits per heavy atom. The number of hydrogen-bond acceptors (Lipinski definition) is 4. The van der Waals surface area contributed by atoms with E-state index in [4.69, 9.17) is 0 Å². The van der Waals surface area contributed by atoms with Crippen LogP contribution in [0, 0.1) is 11.7 Å². The minimum Gasteiger partial charge on any atom is -0.342 e. The first kappa shape index (κ1) is 17.6. The number of amides is 1. The Morgan fingerprint density at radius 3 is 2.81 bits per heavy atom. The second-order valence-corrected chi connectivity index (χ2v) is 7.20. The number of hydrogen-bond donors (Lipinski definition) is 0. The van der Waals surface area contributed by atoms with E-state index in [1.807, 2.05) is 0 Å². The molecule has 1 fully saturated rings. The molecule has 8 heteroatoms. The van der Waals surface area contributed by atoms with E-state index in [9.17, 15) is 18.8 Å². The Balaban J connectivity index is 1.57. The van der Waals surface area contributed by atoms with E-state index in [2.05, 4.69) is 5.10 Å². The van der Waals surface area contributed by atoms with Gasteiger partial charge >= 0.3 is 11.1 Å². The van der Waals surface area contributed by atoms with Crippen LogP contribution in [0.4, 0.5) is 4.39 Å². The standard InChI is InChI=1S/C19H21FN4O3/c1-2-24-19(27)18(26)23-10-13-6-7-22(11-15(13)17(23)21-24)16(25)9-12-4-3-5-14(20)8-12/h3-5,8,13,15H,2,6-7,9-11H2,1H3/t13-,15-/m1/s1. The molecule has 0 aliphatic carbocycles. The van der Waals surface area contributed by atoms with E-state index in [-0.39, 0.29) is 30.0 Å². The number of fused-ring (bicyclic) bond motifs is 3. The number of aryl methyl sites for hydroxylation is 1. The summed E-state index contributed by atoms with van der Waals surface area (Å²) in [7, 11) is 0. The van der Waals surface area contributed by atoms with Crippen LogP contribution in [0.2, 0.25) is 0 Å². The van der Waals surface area contributed by atoms with Crippen LogP contribution in [-0.2, 0) is 24.3 Å². The molecule has 0 N–H and O–H groups in total. The maximum absolute atomic E-state index is 13.3. The third-order valence-corrected chi connectivity index (χ3v) is 5.56. The Labute approximate surface area is 155 Å². The van der Waals surface area contributed by atoms with Crippen LogP contribution in [0.5, 0.6) is 0 Å². The number of carbonyl (C=O) groups excluding carboxylic acids is 1. The van der Waals surface area contributed by atoms with Gasteiger partial charge in [0.2, 0.25) is 5.91 Å². The quantitative estimate of drug-likeness (QED) is 0.745. The fourth-order valence-corrected chi connectivity index (χ4v) is 4.12. The van der Waals surface area contributed by atoms with Crippen molar-refractivity contribution in [3.05, 3.63) is 62.2 Å². The van der Waals surface area contributed by atoms with Gasteiger partial charge in [-0.15, -0.1) is 0 Å². The van der Waals surface area contributed by atoms with E-state index in [0.29, 0.717) is 37.6 Å². The normalized spacial score (nSPS) is 21.0. The molecule has 3 heterocycles. The summed E-state index contributed by atoms with van der Waals surface area (Å²) in [6, 6.07) is 6.06. The lowest BCUT2D eigenvalue weighted by Gasteiger charge is -2.34. The van der Waals surface area contributed by atoms with Crippen molar-refractivity contribution < 1.29 is 9.18 Å². The van der Waals surface area contributed by atoms with Crippen LogP contribution >= 0.6 is 0 Å². The summed E-state index contributed by atoms with van der Waals surface area (Å²) in [6.45, 7) is 3.65. The number of piperidine rings is 1. The number of benzene rings is 1. The van der Waals surface area contributed by atoms with Gasteiger partial charge in [-0.25, -0.2) is 9.07 Å². The summed E-state index contributed by atoms with van der Waals surface area (Å²) in [5.74, 6) is 0.319. The fourth-order valence-electron chi connectivity index (χ4n) is 4.12. The van der Waals surface area contributed by atoms with Gasteiger partial charge in [0, 0.05) is 32.1 Å². The van der Waals surface area contributed by atoms with Crippen molar-refractivity contribution in [2.24, 2.45) is 5.92 Å². The summed E-state index contributed by atoms with van der Waals surface area (Å²) >= 11 is 0. The molecule has 2 aliphatic rings. The van der Waals surface area contributed by atoms with Crippen LogP contribution in [0.25, 0.3) is 0 Å². The van der Waals surface area contributed by atoms with Gasteiger partial charge in [-0.05, 0) is 37.0 Å². The molecule has 1 aromatic heterocycles. The molecular weight excluding hydrogens is 351 g/mol. The number of aromatic nitrogens is 3. The highest BCUT2D eigenvalue weighted by Crippen LogP contribution is 2.37. The highest BCUT2D eigenvalue weighted by atomic mass is 19.1. The average molecular weight is 372 g/mol.